The fourth-order valence-corrected chi connectivity index (χ4v) is 3.21. The maximum Gasteiger partial charge on any atom is 0.335 e. The van der Waals surface area contributed by atoms with Gasteiger partial charge in [-0.3, -0.25) is 9.78 Å². The fourth-order valence-electron chi connectivity index (χ4n) is 3.21. The van der Waals surface area contributed by atoms with Gasteiger partial charge in [-0.05, 0) is 43.4 Å². The molecule has 1 unspecified atom stereocenters. The number of carboxylic acid groups (broad SMARTS) is 1. The molecule has 2 aromatic rings. The topological polar surface area (TPSA) is 70.5 Å². The standard InChI is InChI=1S/C19H20N2O3/c22-18(17-13-15(19(23)24)10-11-20-17)21-12-4-7-16(21)9-8-14-5-2-1-3-6-14/h1-3,5-6,10-11,13,16H,4,7-9,12H2,(H,23,24). The Hall–Kier alpha value is -2.69. The predicted molar refractivity (Wildman–Crippen MR) is 90.0 cm³/mol. The first-order valence-electron chi connectivity index (χ1n) is 8.19. The SMILES string of the molecule is O=C(O)c1ccnc(C(=O)N2CCCC2CCc2ccccc2)c1. The van der Waals surface area contributed by atoms with Gasteiger partial charge in [-0.2, -0.15) is 0 Å². The summed E-state index contributed by atoms with van der Waals surface area (Å²) in [6.45, 7) is 0.706. The summed E-state index contributed by atoms with van der Waals surface area (Å²) in [4.78, 5) is 29.7. The van der Waals surface area contributed by atoms with Gasteiger partial charge in [0.1, 0.15) is 5.69 Å². The lowest BCUT2D eigenvalue weighted by Gasteiger charge is -2.24. The first kappa shape index (κ1) is 16.2. The number of carbonyl (C=O) groups excluding carboxylic acids is 1. The van der Waals surface area contributed by atoms with Crippen LogP contribution in [-0.4, -0.2) is 39.5 Å². The van der Waals surface area contributed by atoms with Gasteiger partial charge in [0, 0.05) is 18.8 Å². The molecular weight excluding hydrogens is 304 g/mol. The molecule has 5 heteroatoms. The molecule has 1 aliphatic heterocycles. The van der Waals surface area contributed by atoms with Crippen LogP contribution in [0.25, 0.3) is 0 Å². The molecule has 0 radical (unpaired) electrons. The van der Waals surface area contributed by atoms with Crippen LogP contribution in [0.4, 0.5) is 0 Å². The number of hydrogen-bond acceptors (Lipinski definition) is 3. The second kappa shape index (κ2) is 7.25. The second-order valence-electron chi connectivity index (χ2n) is 6.05. The molecule has 3 rings (SSSR count). The van der Waals surface area contributed by atoms with E-state index in [1.54, 1.807) is 0 Å². The summed E-state index contributed by atoms with van der Waals surface area (Å²) in [6, 6.07) is 13.2. The largest absolute Gasteiger partial charge is 0.478 e. The van der Waals surface area contributed by atoms with Gasteiger partial charge in [-0.25, -0.2) is 4.79 Å². The lowest BCUT2D eigenvalue weighted by Crippen LogP contribution is -2.36. The van der Waals surface area contributed by atoms with Crippen molar-refractivity contribution in [1.29, 1.82) is 0 Å². The van der Waals surface area contributed by atoms with Gasteiger partial charge in [-0.15, -0.1) is 0 Å². The number of carboxylic acids is 1. The third-order valence-electron chi connectivity index (χ3n) is 4.47. The van der Waals surface area contributed by atoms with Crippen molar-refractivity contribution >= 4 is 11.9 Å². The predicted octanol–water partition coefficient (Wildman–Crippen LogP) is 3.02. The highest BCUT2D eigenvalue weighted by Gasteiger charge is 2.30. The lowest BCUT2D eigenvalue weighted by molar-refractivity contribution is 0.0696. The molecule has 1 amide bonds. The van der Waals surface area contributed by atoms with E-state index in [1.807, 2.05) is 23.1 Å². The van der Waals surface area contributed by atoms with Crippen molar-refractivity contribution in [3.05, 3.63) is 65.5 Å². The van der Waals surface area contributed by atoms with Crippen molar-refractivity contribution in [1.82, 2.24) is 9.88 Å². The average Bonchev–Trinajstić information content (AvgIpc) is 3.09. The summed E-state index contributed by atoms with van der Waals surface area (Å²) in [6.07, 6.45) is 5.18. The molecule has 2 heterocycles. The molecule has 124 valence electrons. The van der Waals surface area contributed by atoms with Crippen LogP contribution in [0.15, 0.2) is 48.7 Å². The summed E-state index contributed by atoms with van der Waals surface area (Å²) in [5.74, 6) is -1.22. The van der Waals surface area contributed by atoms with Crippen molar-refractivity contribution in [3.63, 3.8) is 0 Å². The van der Waals surface area contributed by atoms with E-state index < -0.39 is 5.97 Å². The van der Waals surface area contributed by atoms with Gasteiger partial charge in [0.05, 0.1) is 5.56 Å². The van der Waals surface area contributed by atoms with Crippen LogP contribution >= 0.6 is 0 Å². The van der Waals surface area contributed by atoms with Crippen LogP contribution in [0, 0.1) is 0 Å². The first-order valence-corrected chi connectivity index (χ1v) is 8.19. The molecule has 24 heavy (non-hydrogen) atoms. The van der Waals surface area contributed by atoms with Crippen LogP contribution in [0.1, 0.15) is 45.7 Å². The Morgan fingerprint density at radius 3 is 2.75 bits per heavy atom. The molecule has 0 spiro atoms. The molecule has 0 aliphatic carbocycles. The van der Waals surface area contributed by atoms with E-state index >= 15 is 0 Å². The van der Waals surface area contributed by atoms with E-state index in [0.717, 1.165) is 25.7 Å². The summed E-state index contributed by atoms with van der Waals surface area (Å²) in [7, 11) is 0. The van der Waals surface area contributed by atoms with Crippen LogP contribution in [-0.2, 0) is 6.42 Å². The van der Waals surface area contributed by atoms with Crippen molar-refractivity contribution in [2.24, 2.45) is 0 Å². The number of nitrogens with zero attached hydrogens (tertiary/aromatic N) is 2. The summed E-state index contributed by atoms with van der Waals surface area (Å²) in [5, 5.41) is 9.07. The van der Waals surface area contributed by atoms with E-state index in [4.69, 9.17) is 5.11 Å². The third-order valence-corrected chi connectivity index (χ3v) is 4.47. The van der Waals surface area contributed by atoms with E-state index in [0.29, 0.717) is 6.54 Å². The van der Waals surface area contributed by atoms with Crippen molar-refractivity contribution in [3.8, 4) is 0 Å². The Kier molecular flexibility index (Phi) is 4.89. The molecule has 1 aromatic carbocycles. The Morgan fingerprint density at radius 1 is 1.21 bits per heavy atom. The van der Waals surface area contributed by atoms with Gasteiger partial charge in [-0.1, -0.05) is 30.3 Å². The molecule has 0 saturated carbocycles. The number of amides is 1. The molecule has 1 saturated heterocycles. The first-order chi connectivity index (χ1) is 11.6. The number of rotatable bonds is 5. The van der Waals surface area contributed by atoms with Gasteiger partial charge in [0.2, 0.25) is 0 Å². The Morgan fingerprint density at radius 2 is 2.00 bits per heavy atom. The minimum Gasteiger partial charge on any atom is -0.478 e. The normalized spacial score (nSPS) is 17.0. The summed E-state index contributed by atoms with van der Waals surface area (Å²) >= 11 is 0. The van der Waals surface area contributed by atoms with Crippen molar-refractivity contribution in [2.75, 3.05) is 6.54 Å². The average molecular weight is 324 g/mol. The molecule has 1 fully saturated rings. The highest BCUT2D eigenvalue weighted by Crippen LogP contribution is 2.23. The van der Waals surface area contributed by atoms with Gasteiger partial charge >= 0.3 is 5.97 Å². The highest BCUT2D eigenvalue weighted by atomic mass is 16.4. The van der Waals surface area contributed by atoms with Crippen molar-refractivity contribution < 1.29 is 14.7 Å². The smallest absolute Gasteiger partial charge is 0.335 e. The number of pyridine rings is 1. The van der Waals surface area contributed by atoms with Gasteiger partial charge in [0.15, 0.2) is 0 Å². The molecule has 1 atom stereocenters. The quantitative estimate of drug-likeness (QED) is 0.918. The Balaban J connectivity index is 1.69. The van der Waals surface area contributed by atoms with Crippen molar-refractivity contribution in [2.45, 2.75) is 31.7 Å². The van der Waals surface area contributed by atoms with E-state index in [-0.39, 0.29) is 23.2 Å². The van der Waals surface area contributed by atoms with Crippen LogP contribution in [0.5, 0.6) is 0 Å². The maximum absolute atomic E-state index is 12.7. The second-order valence-corrected chi connectivity index (χ2v) is 6.05. The monoisotopic (exact) mass is 324 g/mol. The van der Waals surface area contributed by atoms with Gasteiger partial charge in [0.25, 0.3) is 5.91 Å². The Bertz CT molecular complexity index is 730. The zero-order valence-corrected chi connectivity index (χ0v) is 13.4. The number of aromatic carboxylic acids is 1. The summed E-state index contributed by atoms with van der Waals surface area (Å²) < 4.78 is 0. The van der Waals surface area contributed by atoms with Crippen LogP contribution < -0.4 is 0 Å². The minimum absolute atomic E-state index is 0.0911. The van der Waals surface area contributed by atoms with E-state index in [2.05, 4.69) is 17.1 Å². The van der Waals surface area contributed by atoms with Gasteiger partial charge < -0.3 is 10.0 Å². The summed E-state index contributed by atoms with van der Waals surface area (Å²) in [5.41, 5.74) is 1.57. The number of likely N-dealkylation sites (tertiary alicyclic amines) is 1. The zero-order chi connectivity index (χ0) is 16.9. The van der Waals surface area contributed by atoms with Crippen LogP contribution in [0.2, 0.25) is 0 Å². The lowest BCUT2D eigenvalue weighted by atomic mass is 10.0. The molecular formula is C19H20N2O3. The van der Waals surface area contributed by atoms with E-state index in [9.17, 15) is 9.59 Å². The van der Waals surface area contributed by atoms with E-state index in [1.165, 1.54) is 23.9 Å². The highest BCUT2D eigenvalue weighted by molar-refractivity contribution is 5.96. The Labute approximate surface area is 140 Å². The molecule has 1 N–H and O–H groups in total. The molecule has 5 nitrogen and oxygen atoms in total. The number of carbonyl (C=O) groups is 2. The number of aryl methyl sites for hydroxylation is 1. The number of aromatic nitrogens is 1. The minimum atomic E-state index is -1.05. The molecule has 1 aliphatic rings. The van der Waals surface area contributed by atoms with Crippen LogP contribution in [0.3, 0.4) is 0 Å². The number of hydrogen-bond donors (Lipinski definition) is 1. The third kappa shape index (κ3) is 3.62. The maximum atomic E-state index is 12.7. The fraction of sp³-hybridized carbons (Fsp3) is 0.316. The number of benzene rings is 1. The molecule has 0 bridgehead atoms. The molecule has 1 aromatic heterocycles. The zero-order valence-electron chi connectivity index (χ0n) is 13.4.